The van der Waals surface area contributed by atoms with Crippen molar-refractivity contribution in [1.29, 1.82) is 0 Å². The van der Waals surface area contributed by atoms with E-state index in [-0.39, 0.29) is 42.6 Å². The molecule has 8 rings (SSSR count). The van der Waals surface area contributed by atoms with E-state index in [4.69, 9.17) is 27.3 Å². The third kappa shape index (κ3) is 10.9. The molecule has 0 spiro atoms. The standard InChI is InChI=1S/C48H61FN10O3.CH4O/c1-32-24-35(36-8-5-19-58(28-36)43(45(51)52)26-42(50)34-6-3-2-4-7-34)11-12-39(32)47(62)57-22-16-48(49,17-23-57)30-56-20-14-38(15-21-56)59-29-41(33-9-10-33)40-25-37(27-54-46(40)59)55-44(61)13-18-53-31-60;1-2/h2-4,6-7,11-12,24-27,29,31,33,36,38H,5,8-10,13-23,28,30,50-52H2,1H3,(H,53,60)(H,55,61);2H,1H3/b42-26-;. The molecule has 5 heterocycles. The molecule has 0 bridgehead atoms. The Morgan fingerprint density at radius 3 is 2.33 bits per heavy atom. The molecule has 2 aromatic heterocycles. The number of allylic oxidation sites excluding steroid dienone is 1. The molecule has 1 saturated carbocycles. The van der Waals surface area contributed by atoms with Crippen molar-refractivity contribution < 1.29 is 23.9 Å². The van der Waals surface area contributed by atoms with Gasteiger partial charge in [-0.3, -0.25) is 14.4 Å². The third-order valence-corrected chi connectivity index (χ3v) is 13.4. The van der Waals surface area contributed by atoms with E-state index >= 15 is 4.39 Å². The van der Waals surface area contributed by atoms with Gasteiger partial charge in [-0.1, -0.05) is 42.5 Å². The van der Waals surface area contributed by atoms with Gasteiger partial charge < -0.3 is 52.2 Å². The normalized spacial score (nSPS) is 19.4. The van der Waals surface area contributed by atoms with Gasteiger partial charge in [-0.25, -0.2) is 9.37 Å². The van der Waals surface area contributed by atoms with Crippen LogP contribution in [0.1, 0.15) is 108 Å². The van der Waals surface area contributed by atoms with Gasteiger partial charge in [0.1, 0.15) is 17.1 Å². The number of aryl methyl sites for hydroxylation is 1. The van der Waals surface area contributed by atoms with Gasteiger partial charge >= 0.3 is 0 Å². The predicted octanol–water partition coefficient (Wildman–Crippen LogP) is 5.45. The van der Waals surface area contributed by atoms with Gasteiger partial charge in [0, 0.05) is 114 Å². The highest BCUT2D eigenvalue weighted by Gasteiger charge is 2.39. The highest BCUT2D eigenvalue weighted by atomic mass is 19.1. The van der Waals surface area contributed by atoms with Crippen molar-refractivity contribution in [2.24, 2.45) is 17.2 Å². The molecule has 342 valence electrons. The number of aliphatic hydroxyl groups excluding tert-OH is 1. The average Bonchev–Trinajstić information content (AvgIpc) is 4.09. The molecule has 3 aliphatic heterocycles. The maximum atomic E-state index is 16.5. The molecular formula is C49H65FN10O4. The molecular weight excluding hydrogens is 812 g/mol. The molecule has 64 heavy (non-hydrogen) atoms. The van der Waals surface area contributed by atoms with Crippen molar-refractivity contribution >= 4 is 40.6 Å². The Labute approximate surface area is 375 Å². The number of piperidine rings is 3. The molecule has 9 N–H and O–H groups in total. The largest absolute Gasteiger partial charge is 0.400 e. The number of pyridine rings is 1. The summed E-state index contributed by atoms with van der Waals surface area (Å²) in [6, 6.07) is 18.2. The number of likely N-dealkylation sites (tertiary alicyclic amines) is 3. The molecule has 3 amide bonds. The summed E-state index contributed by atoms with van der Waals surface area (Å²) >= 11 is 0. The minimum absolute atomic E-state index is 0.0376. The number of aromatic nitrogens is 2. The second-order valence-corrected chi connectivity index (χ2v) is 17.8. The number of nitrogens with one attached hydrogen (secondary N) is 2. The first kappa shape index (κ1) is 46.1. The van der Waals surface area contributed by atoms with Crippen molar-refractivity contribution in [3.63, 3.8) is 0 Å². The zero-order chi connectivity index (χ0) is 45.4. The third-order valence-electron chi connectivity index (χ3n) is 13.4. The second kappa shape index (κ2) is 20.7. The summed E-state index contributed by atoms with van der Waals surface area (Å²) in [5.74, 6) is 0.763. The summed E-state index contributed by atoms with van der Waals surface area (Å²) in [4.78, 5) is 47.9. The van der Waals surface area contributed by atoms with Crippen LogP contribution in [0.25, 0.3) is 16.7 Å². The lowest BCUT2D eigenvalue weighted by atomic mass is 9.88. The van der Waals surface area contributed by atoms with E-state index in [0.717, 1.165) is 99.7 Å². The highest BCUT2D eigenvalue weighted by molar-refractivity contribution is 5.96. The van der Waals surface area contributed by atoms with Crippen LogP contribution < -0.4 is 27.8 Å². The van der Waals surface area contributed by atoms with Crippen molar-refractivity contribution in [2.45, 2.75) is 88.3 Å². The van der Waals surface area contributed by atoms with E-state index in [2.05, 4.69) is 43.3 Å². The molecule has 3 saturated heterocycles. The topological polar surface area (TPSA) is 201 Å². The molecule has 1 unspecified atom stereocenters. The zero-order valence-electron chi connectivity index (χ0n) is 37.3. The van der Waals surface area contributed by atoms with E-state index in [0.29, 0.717) is 61.8 Å². The molecule has 0 radical (unpaired) electrons. The summed E-state index contributed by atoms with van der Waals surface area (Å²) in [5, 5.41) is 13.5. The van der Waals surface area contributed by atoms with Crippen LogP contribution in [0.4, 0.5) is 10.1 Å². The minimum atomic E-state index is -1.35. The Kier molecular flexibility index (Phi) is 14.9. The lowest BCUT2D eigenvalue weighted by Gasteiger charge is -2.41. The van der Waals surface area contributed by atoms with Gasteiger partial charge in [0.25, 0.3) is 5.91 Å². The van der Waals surface area contributed by atoms with Crippen LogP contribution in [0.3, 0.4) is 0 Å². The van der Waals surface area contributed by atoms with Crippen LogP contribution in [-0.4, -0.2) is 113 Å². The van der Waals surface area contributed by atoms with Crippen LogP contribution >= 0.6 is 0 Å². The Morgan fingerprint density at radius 2 is 1.66 bits per heavy atom. The number of amides is 3. The monoisotopic (exact) mass is 877 g/mol. The number of hydrogen-bond acceptors (Lipinski definition) is 10. The van der Waals surface area contributed by atoms with Crippen LogP contribution in [0.15, 0.2) is 84.6 Å². The molecule has 14 nitrogen and oxygen atoms in total. The molecule has 4 aromatic rings. The lowest BCUT2D eigenvalue weighted by Crippen LogP contribution is -2.51. The van der Waals surface area contributed by atoms with Crippen molar-refractivity contribution in [2.75, 3.05) is 64.8 Å². The molecule has 1 aliphatic carbocycles. The summed E-state index contributed by atoms with van der Waals surface area (Å²) in [6.07, 6.45) is 13.3. The van der Waals surface area contributed by atoms with Crippen LogP contribution in [0, 0.1) is 6.92 Å². The average molecular weight is 877 g/mol. The van der Waals surface area contributed by atoms with Gasteiger partial charge in [-0.05, 0) is 91.8 Å². The number of rotatable bonds is 14. The van der Waals surface area contributed by atoms with E-state index in [1.165, 1.54) is 11.1 Å². The van der Waals surface area contributed by atoms with E-state index < -0.39 is 5.67 Å². The quantitative estimate of drug-likeness (QED) is 0.0538. The number of fused-ring (bicyclic) bond motifs is 1. The van der Waals surface area contributed by atoms with E-state index in [1.807, 2.05) is 60.4 Å². The Hall–Kier alpha value is -5.93. The smallest absolute Gasteiger partial charge is 0.254 e. The van der Waals surface area contributed by atoms with Gasteiger partial charge in [0.15, 0.2) is 0 Å². The second-order valence-electron chi connectivity index (χ2n) is 17.8. The fourth-order valence-electron chi connectivity index (χ4n) is 9.75. The van der Waals surface area contributed by atoms with Gasteiger partial charge in [0.05, 0.1) is 17.6 Å². The SMILES string of the molecule is CO.Cc1cc(C2CCCN(C(/C=C(\N)c3ccccc3)=C(N)N)C2)ccc1C(=O)N1CCC(F)(CN2CCC(n3cc(C4CC4)c4cc(NC(=O)CCNC=O)cnc43)CC2)CC1. The number of carbonyl (C=O) groups excluding carboxylic acids is 3. The fraction of sp³-hybridized carbons (Fsp3) is 0.469. The number of carbonyl (C=O) groups is 3. The number of nitrogens with two attached hydrogens (primary N) is 3. The Balaban J connectivity index is 0.00000302. The Bertz CT molecular complexity index is 2320. The number of aliphatic hydroxyl groups is 1. The summed E-state index contributed by atoms with van der Waals surface area (Å²) in [5.41, 5.74) is 25.4. The first-order valence-electron chi connectivity index (χ1n) is 22.7. The number of nitrogens with zero attached hydrogens (tertiary/aromatic N) is 5. The minimum Gasteiger partial charge on any atom is -0.400 e. The van der Waals surface area contributed by atoms with Crippen molar-refractivity contribution in [3.8, 4) is 0 Å². The summed E-state index contributed by atoms with van der Waals surface area (Å²) in [7, 11) is 1.00. The zero-order valence-corrected chi connectivity index (χ0v) is 37.3. The highest BCUT2D eigenvalue weighted by Crippen LogP contribution is 2.45. The Morgan fingerprint density at radius 1 is 0.922 bits per heavy atom. The summed E-state index contributed by atoms with van der Waals surface area (Å²) < 4.78 is 18.8. The van der Waals surface area contributed by atoms with E-state index in [9.17, 15) is 14.4 Å². The number of alkyl halides is 1. The van der Waals surface area contributed by atoms with Crippen LogP contribution in [-0.2, 0) is 9.59 Å². The first-order valence-corrected chi connectivity index (χ1v) is 22.7. The molecule has 15 heteroatoms. The number of anilines is 1. The maximum absolute atomic E-state index is 16.5. The molecule has 2 aromatic carbocycles. The van der Waals surface area contributed by atoms with Crippen molar-refractivity contribution in [3.05, 3.63) is 112 Å². The van der Waals surface area contributed by atoms with Crippen molar-refractivity contribution in [1.82, 2.24) is 29.6 Å². The number of benzene rings is 2. The van der Waals surface area contributed by atoms with Gasteiger partial charge in [-0.2, -0.15) is 0 Å². The lowest BCUT2D eigenvalue weighted by molar-refractivity contribution is -0.116. The summed E-state index contributed by atoms with van der Waals surface area (Å²) in [6.45, 7) is 6.57. The number of hydrogen-bond donors (Lipinski definition) is 6. The first-order chi connectivity index (χ1) is 31.0. The van der Waals surface area contributed by atoms with Crippen LogP contribution in [0.2, 0.25) is 0 Å². The number of halogens is 1. The van der Waals surface area contributed by atoms with E-state index in [1.54, 1.807) is 6.20 Å². The van der Waals surface area contributed by atoms with Crippen LogP contribution in [0.5, 0.6) is 0 Å². The molecule has 1 atom stereocenters. The predicted molar refractivity (Wildman–Crippen MR) is 250 cm³/mol. The fourth-order valence-corrected chi connectivity index (χ4v) is 9.75. The molecule has 4 aliphatic rings. The van der Waals surface area contributed by atoms with Gasteiger partial charge in [-0.15, -0.1) is 0 Å². The molecule has 4 fully saturated rings. The van der Waals surface area contributed by atoms with Gasteiger partial charge in [0.2, 0.25) is 12.3 Å². The maximum Gasteiger partial charge on any atom is 0.254 e.